The van der Waals surface area contributed by atoms with Crippen molar-refractivity contribution in [1.29, 1.82) is 0 Å². The molecular weight excluding hydrogens is 400 g/mol. The molecule has 0 spiro atoms. The number of carboxylic acids is 1. The summed E-state index contributed by atoms with van der Waals surface area (Å²) in [5.41, 5.74) is 0.470. The predicted molar refractivity (Wildman–Crippen MR) is 110 cm³/mol. The van der Waals surface area contributed by atoms with Crippen LogP contribution in [-0.2, 0) is 14.4 Å². The summed E-state index contributed by atoms with van der Waals surface area (Å²) in [6.07, 6.45) is -1.22. The first-order valence-corrected chi connectivity index (χ1v) is 9.44. The average Bonchev–Trinajstić information content (AvgIpc) is 3.33. The molecule has 8 nitrogen and oxygen atoms in total. The number of carbonyl (C=O) groups excluding carboxylic acids is 3. The van der Waals surface area contributed by atoms with Crippen LogP contribution in [-0.4, -0.2) is 40.5 Å². The fourth-order valence-electron chi connectivity index (χ4n) is 3.94. The van der Waals surface area contributed by atoms with Gasteiger partial charge in [-0.15, -0.1) is 0 Å². The summed E-state index contributed by atoms with van der Waals surface area (Å²) in [5.74, 6) is -4.04. The predicted octanol–water partition coefficient (Wildman–Crippen LogP) is 2.67. The minimum absolute atomic E-state index is 0.0210. The lowest BCUT2D eigenvalue weighted by Crippen LogP contribution is -2.34. The SMILES string of the molecule is O=C(O)c1ccc(N2C(=O)[C@H]3C(C(=O)c4cccc5ccccc45)=NO[C@@H]3C2=O)cc1. The van der Waals surface area contributed by atoms with Gasteiger partial charge in [0.05, 0.1) is 11.3 Å². The lowest BCUT2D eigenvalue weighted by molar-refractivity contribution is -0.126. The van der Waals surface area contributed by atoms with Gasteiger partial charge in [-0.2, -0.15) is 0 Å². The highest BCUT2D eigenvalue weighted by Gasteiger charge is 2.57. The lowest BCUT2D eigenvalue weighted by atomic mass is 9.91. The van der Waals surface area contributed by atoms with E-state index in [9.17, 15) is 19.2 Å². The monoisotopic (exact) mass is 414 g/mol. The average molecular weight is 414 g/mol. The van der Waals surface area contributed by atoms with Gasteiger partial charge in [-0.25, -0.2) is 9.69 Å². The van der Waals surface area contributed by atoms with Crippen molar-refractivity contribution in [2.24, 2.45) is 11.1 Å². The number of aromatic carboxylic acids is 1. The minimum Gasteiger partial charge on any atom is -0.478 e. The summed E-state index contributed by atoms with van der Waals surface area (Å²) >= 11 is 0. The van der Waals surface area contributed by atoms with E-state index in [-0.39, 0.29) is 17.0 Å². The fraction of sp³-hybridized carbons (Fsp3) is 0.0870. The molecule has 0 unspecified atom stereocenters. The van der Waals surface area contributed by atoms with Crippen molar-refractivity contribution >= 4 is 45.7 Å². The van der Waals surface area contributed by atoms with Crippen LogP contribution in [0.3, 0.4) is 0 Å². The third-order valence-electron chi connectivity index (χ3n) is 5.45. The summed E-state index contributed by atoms with van der Waals surface area (Å²) in [6.45, 7) is 0. The first kappa shape index (κ1) is 18.7. The van der Waals surface area contributed by atoms with Crippen molar-refractivity contribution in [3.63, 3.8) is 0 Å². The van der Waals surface area contributed by atoms with Crippen LogP contribution in [0.25, 0.3) is 10.8 Å². The van der Waals surface area contributed by atoms with Crippen molar-refractivity contribution in [3.8, 4) is 0 Å². The molecule has 1 saturated heterocycles. The van der Waals surface area contributed by atoms with Gasteiger partial charge in [0.1, 0.15) is 11.6 Å². The first-order chi connectivity index (χ1) is 15.0. The van der Waals surface area contributed by atoms with Gasteiger partial charge in [0.15, 0.2) is 0 Å². The zero-order valence-electron chi connectivity index (χ0n) is 15.9. The Morgan fingerprint density at radius 2 is 1.61 bits per heavy atom. The number of carbonyl (C=O) groups is 4. The number of oxime groups is 1. The number of carboxylic acid groups (broad SMARTS) is 1. The standard InChI is InChI=1S/C23H14N2O6/c26-19(16-7-3-5-12-4-1-2-6-15(12)16)18-17-20(31-24-18)22(28)25(21(17)27)14-10-8-13(9-11-14)23(29)30/h1-11,17,20H,(H,29,30)/t17-,20-/m0/s1. The molecule has 31 heavy (non-hydrogen) atoms. The molecule has 3 aromatic rings. The van der Waals surface area contributed by atoms with Crippen LogP contribution in [0.4, 0.5) is 5.69 Å². The van der Waals surface area contributed by atoms with E-state index in [1.165, 1.54) is 24.3 Å². The van der Waals surface area contributed by atoms with E-state index in [4.69, 9.17) is 9.94 Å². The van der Waals surface area contributed by atoms with Crippen LogP contribution < -0.4 is 4.90 Å². The molecular formula is C23H14N2O6. The van der Waals surface area contributed by atoms with Gasteiger partial charge in [-0.05, 0) is 35.0 Å². The van der Waals surface area contributed by atoms with Gasteiger partial charge in [0.2, 0.25) is 17.8 Å². The second kappa shape index (κ2) is 6.88. The molecule has 5 rings (SSSR count). The van der Waals surface area contributed by atoms with Crippen molar-refractivity contribution < 1.29 is 29.1 Å². The smallest absolute Gasteiger partial charge is 0.335 e. The fourth-order valence-corrected chi connectivity index (χ4v) is 3.94. The molecule has 8 heteroatoms. The molecule has 2 aliphatic rings. The number of rotatable bonds is 4. The molecule has 0 saturated carbocycles. The maximum absolute atomic E-state index is 13.3. The Balaban J connectivity index is 1.49. The Morgan fingerprint density at radius 3 is 2.35 bits per heavy atom. The number of anilines is 1. The van der Waals surface area contributed by atoms with Crippen molar-refractivity contribution in [3.05, 3.63) is 77.9 Å². The number of hydrogen-bond donors (Lipinski definition) is 1. The van der Waals surface area contributed by atoms with E-state index >= 15 is 0 Å². The molecule has 152 valence electrons. The zero-order chi connectivity index (χ0) is 21.7. The van der Waals surface area contributed by atoms with Gasteiger partial charge in [-0.3, -0.25) is 14.4 Å². The normalized spacial score (nSPS) is 19.9. The van der Waals surface area contributed by atoms with Gasteiger partial charge >= 0.3 is 5.97 Å². The first-order valence-electron chi connectivity index (χ1n) is 9.44. The minimum atomic E-state index is -1.22. The Hall–Kier alpha value is -4.33. The highest BCUT2D eigenvalue weighted by molar-refractivity contribution is 6.53. The largest absolute Gasteiger partial charge is 0.478 e. The van der Waals surface area contributed by atoms with E-state index in [1.807, 2.05) is 24.3 Å². The molecule has 2 amide bonds. The van der Waals surface area contributed by atoms with E-state index in [0.29, 0.717) is 10.9 Å². The summed E-state index contributed by atoms with van der Waals surface area (Å²) in [4.78, 5) is 56.3. The zero-order valence-corrected chi connectivity index (χ0v) is 15.9. The van der Waals surface area contributed by atoms with Gasteiger partial charge in [0.25, 0.3) is 5.91 Å². The molecule has 0 bridgehead atoms. The maximum atomic E-state index is 13.3. The number of imide groups is 1. The van der Waals surface area contributed by atoms with E-state index < -0.39 is 35.6 Å². The van der Waals surface area contributed by atoms with E-state index in [2.05, 4.69) is 5.16 Å². The summed E-state index contributed by atoms with van der Waals surface area (Å²) in [7, 11) is 0. The quantitative estimate of drug-likeness (QED) is 0.519. The molecule has 2 aliphatic heterocycles. The van der Waals surface area contributed by atoms with Crippen LogP contribution in [0.2, 0.25) is 0 Å². The van der Waals surface area contributed by atoms with Crippen LogP contribution in [0.15, 0.2) is 71.9 Å². The lowest BCUT2D eigenvalue weighted by Gasteiger charge is -2.15. The number of ketones is 1. The summed E-state index contributed by atoms with van der Waals surface area (Å²) < 4.78 is 0. The van der Waals surface area contributed by atoms with Crippen molar-refractivity contribution in [1.82, 2.24) is 0 Å². The molecule has 0 aliphatic carbocycles. The van der Waals surface area contributed by atoms with Gasteiger partial charge in [-0.1, -0.05) is 47.6 Å². The molecule has 2 atom stereocenters. The highest BCUT2D eigenvalue weighted by atomic mass is 16.7. The topological polar surface area (TPSA) is 113 Å². The second-order valence-corrected chi connectivity index (χ2v) is 7.20. The summed E-state index contributed by atoms with van der Waals surface area (Å²) in [5, 5.41) is 14.4. The molecule has 2 heterocycles. The number of amides is 2. The maximum Gasteiger partial charge on any atom is 0.335 e. The van der Waals surface area contributed by atoms with Gasteiger partial charge in [0, 0.05) is 5.56 Å². The number of hydrogen-bond acceptors (Lipinski definition) is 6. The van der Waals surface area contributed by atoms with Crippen molar-refractivity contribution in [2.75, 3.05) is 4.90 Å². The third kappa shape index (κ3) is 2.80. The number of benzene rings is 3. The number of nitrogens with zero attached hydrogens (tertiary/aromatic N) is 2. The van der Waals surface area contributed by atoms with E-state index in [1.54, 1.807) is 18.2 Å². The molecule has 3 aromatic carbocycles. The summed E-state index contributed by atoms with van der Waals surface area (Å²) in [6, 6.07) is 17.9. The molecule has 0 aromatic heterocycles. The Morgan fingerprint density at radius 1 is 0.903 bits per heavy atom. The molecule has 1 fully saturated rings. The van der Waals surface area contributed by atoms with Crippen LogP contribution in [0.5, 0.6) is 0 Å². The molecule has 0 radical (unpaired) electrons. The third-order valence-corrected chi connectivity index (χ3v) is 5.45. The Labute approximate surface area is 175 Å². The molecule has 1 N–H and O–H groups in total. The number of Topliss-reactive ketones (excluding diaryl/α,β-unsaturated/α-hetero) is 1. The van der Waals surface area contributed by atoms with Crippen molar-refractivity contribution in [2.45, 2.75) is 6.10 Å². The Bertz CT molecular complexity index is 1310. The second-order valence-electron chi connectivity index (χ2n) is 7.20. The van der Waals surface area contributed by atoms with Crippen LogP contribution >= 0.6 is 0 Å². The van der Waals surface area contributed by atoms with Gasteiger partial charge < -0.3 is 9.94 Å². The Kier molecular flexibility index (Phi) is 4.14. The highest BCUT2D eigenvalue weighted by Crippen LogP contribution is 2.35. The number of fused-ring (bicyclic) bond motifs is 2. The van der Waals surface area contributed by atoms with Crippen LogP contribution in [0, 0.1) is 5.92 Å². The van der Waals surface area contributed by atoms with E-state index in [0.717, 1.165) is 10.3 Å². The van der Waals surface area contributed by atoms with Crippen LogP contribution in [0.1, 0.15) is 20.7 Å².